The molecule has 3 heteroatoms. The lowest BCUT2D eigenvalue weighted by atomic mass is 9.68. The van der Waals surface area contributed by atoms with Crippen LogP contribution in [0.5, 0.6) is 5.75 Å². The second-order valence-electron chi connectivity index (χ2n) is 8.13. The summed E-state index contributed by atoms with van der Waals surface area (Å²) in [5.41, 5.74) is 3.07. The van der Waals surface area contributed by atoms with Crippen LogP contribution in [0.2, 0.25) is 0 Å². The molecule has 0 amide bonds. The zero-order chi connectivity index (χ0) is 19.1. The minimum atomic E-state index is 0.241. The van der Waals surface area contributed by atoms with Crippen molar-refractivity contribution in [3.63, 3.8) is 0 Å². The Morgan fingerprint density at radius 1 is 1.11 bits per heavy atom. The SMILES string of the molecule is COc1ccc(C[NH2+]CC[C@@]2(c3ccccc3)CCO[C@@H](C(C)C)C2)cc1. The summed E-state index contributed by atoms with van der Waals surface area (Å²) >= 11 is 0. The summed E-state index contributed by atoms with van der Waals surface area (Å²) in [5.74, 6) is 1.49. The summed E-state index contributed by atoms with van der Waals surface area (Å²) in [6, 6.07) is 19.5. The number of benzene rings is 2. The van der Waals surface area contributed by atoms with Crippen molar-refractivity contribution < 1.29 is 14.8 Å². The van der Waals surface area contributed by atoms with Gasteiger partial charge in [0, 0.05) is 24.0 Å². The van der Waals surface area contributed by atoms with E-state index in [2.05, 4.69) is 61.6 Å². The van der Waals surface area contributed by atoms with Crippen LogP contribution in [0.15, 0.2) is 54.6 Å². The van der Waals surface area contributed by atoms with Crippen LogP contribution in [-0.2, 0) is 16.7 Å². The Bertz CT molecular complexity index is 683. The van der Waals surface area contributed by atoms with Gasteiger partial charge in [-0.25, -0.2) is 0 Å². The van der Waals surface area contributed by atoms with E-state index in [4.69, 9.17) is 9.47 Å². The Balaban J connectivity index is 1.63. The van der Waals surface area contributed by atoms with Gasteiger partial charge in [-0.15, -0.1) is 0 Å². The Morgan fingerprint density at radius 2 is 1.85 bits per heavy atom. The maximum atomic E-state index is 6.09. The second-order valence-corrected chi connectivity index (χ2v) is 8.13. The van der Waals surface area contributed by atoms with E-state index < -0.39 is 0 Å². The third kappa shape index (κ3) is 5.12. The molecule has 146 valence electrons. The average Bonchev–Trinajstić information content (AvgIpc) is 2.72. The first-order chi connectivity index (χ1) is 13.1. The molecule has 1 aliphatic rings. The van der Waals surface area contributed by atoms with Crippen molar-refractivity contribution in [3.05, 3.63) is 65.7 Å². The molecule has 0 unspecified atom stereocenters. The van der Waals surface area contributed by atoms with Gasteiger partial charge < -0.3 is 14.8 Å². The highest BCUT2D eigenvalue weighted by atomic mass is 16.5. The van der Waals surface area contributed by atoms with Gasteiger partial charge in [-0.2, -0.15) is 0 Å². The van der Waals surface area contributed by atoms with Crippen LogP contribution < -0.4 is 10.1 Å². The highest BCUT2D eigenvalue weighted by molar-refractivity contribution is 5.27. The monoisotopic (exact) mass is 368 g/mol. The topological polar surface area (TPSA) is 35.1 Å². The van der Waals surface area contributed by atoms with E-state index in [1.54, 1.807) is 7.11 Å². The number of hydrogen-bond donors (Lipinski definition) is 1. The van der Waals surface area contributed by atoms with Gasteiger partial charge in [-0.3, -0.25) is 0 Å². The van der Waals surface area contributed by atoms with Crippen molar-refractivity contribution in [2.24, 2.45) is 5.92 Å². The summed E-state index contributed by atoms with van der Waals surface area (Å²) in [5, 5.41) is 2.44. The van der Waals surface area contributed by atoms with E-state index in [-0.39, 0.29) is 5.41 Å². The van der Waals surface area contributed by atoms with Gasteiger partial charge in [0.15, 0.2) is 0 Å². The molecule has 2 aromatic carbocycles. The van der Waals surface area contributed by atoms with Crippen LogP contribution >= 0.6 is 0 Å². The first kappa shape index (κ1) is 19.9. The van der Waals surface area contributed by atoms with E-state index in [0.29, 0.717) is 12.0 Å². The lowest BCUT2D eigenvalue weighted by Gasteiger charge is -2.42. The molecular formula is C24H34NO2+. The van der Waals surface area contributed by atoms with Crippen LogP contribution in [-0.4, -0.2) is 26.4 Å². The van der Waals surface area contributed by atoms with E-state index >= 15 is 0 Å². The number of ether oxygens (including phenoxy) is 2. The van der Waals surface area contributed by atoms with E-state index in [1.807, 2.05) is 12.1 Å². The van der Waals surface area contributed by atoms with Gasteiger partial charge in [0.05, 0.1) is 19.8 Å². The zero-order valence-electron chi connectivity index (χ0n) is 17.0. The van der Waals surface area contributed by atoms with Crippen LogP contribution in [0.4, 0.5) is 0 Å². The molecule has 1 fully saturated rings. The van der Waals surface area contributed by atoms with Crippen LogP contribution in [0, 0.1) is 5.92 Å². The smallest absolute Gasteiger partial charge is 0.118 e. The molecule has 0 aromatic heterocycles. The molecule has 0 radical (unpaired) electrons. The number of nitrogens with two attached hydrogens (primary N) is 1. The summed E-state index contributed by atoms with van der Waals surface area (Å²) in [6.45, 7) is 7.57. The number of rotatable bonds is 8. The Labute approximate surface area is 164 Å². The maximum Gasteiger partial charge on any atom is 0.118 e. The molecule has 0 saturated carbocycles. The summed E-state index contributed by atoms with van der Waals surface area (Å²) in [7, 11) is 1.71. The van der Waals surface area contributed by atoms with Gasteiger partial charge in [-0.05, 0) is 48.6 Å². The van der Waals surface area contributed by atoms with E-state index in [1.165, 1.54) is 17.5 Å². The third-order valence-corrected chi connectivity index (χ3v) is 6.00. The highest BCUT2D eigenvalue weighted by Gasteiger charge is 2.39. The van der Waals surface area contributed by atoms with Crippen molar-refractivity contribution in [1.29, 1.82) is 0 Å². The third-order valence-electron chi connectivity index (χ3n) is 6.00. The quantitative estimate of drug-likeness (QED) is 0.717. The second kappa shape index (κ2) is 9.38. The molecular weight excluding hydrogens is 334 g/mol. The molecule has 3 nitrogen and oxygen atoms in total. The summed E-state index contributed by atoms with van der Waals surface area (Å²) < 4.78 is 11.3. The molecule has 2 aromatic rings. The first-order valence-electron chi connectivity index (χ1n) is 10.2. The van der Waals surface area contributed by atoms with Gasteiger partial charge in [0.2, 0.25) is 0 Å². The van der Waals surface area contributed by atoms with Gasteiger partial charge in [0.25, 0.3) is 0 Å². The fraction of sp³-hybridized carbons (Fsp3) is 0.500. The molecule has 0 spiro atoms. The lowest BCUT2D eigenvalue weighted by Crippen LogP contribution is -2.83. The van der Waals surface area contributed by atoms with Gasteiger partial charge in [0.1, 0.15) is 12.3 Å². The molecule has 2 atom stereocenters. The Kier molecular flexibility index (Phi) is 6.92. The lowest BCUT2D eigenvalue weighted by molar-refractivity contribution is -0.671. The number of hydrogen-bond acceptors (Lipinski definition) is 2. The first-order valence-corrected chi connectivity index (χ1v) is 10.2. The molecule has 1 saturated heterocycles. The van der Waals surface area contributed by atoms with Crippen LogP contribution in [0.3, 0.4) is 0 Å². The summed E-state index contributed by atoms with van der Waals surface area (Å²) in [4.78, 5) is 0. The van der Waals surface area contributed by atoms with Gasteiger partial charge in [-0.1, -0.05) is 44.2 Å². The Hall–Kier alpha value is -1.84. The van der Waals surface area contributed by atoms with Crippen molar-refractivity contribution >= 4 is 0 Å². The predicted octanol–water partition coefficient (Wildman–Crippen LogP) is 3.92. The number of methoxy groups -OCH3 is 1. The molecule has 1 aliphatic heterocycles. The fourth-order valence-corrected chi connectivity index (χ4v) is 4.21. The standard InChI is InChI=1S/C24H33NO2/c1-19(2)23-17-24(14-16-27-23,21-7-5-4-6-8-21)13-15-25-18-20-9-11-22(26-3)12-10-20/h4-12,19,23,25H,13-18H2,1-3H3/p+1/t23-,24-/m1/s1. The van der Waals surface area contributed by atoms with E-state index in [0.717, 1.165) is 38.3 Å². The molecule has 0 bridgehead atoms. The maximum absolute atomic E-state index is 6.09. The Morgan fingerprint density at radius 3 is 2.52 bits per heavy atom. The molecule has 0 aliphatic carbocycles. The molecule has 1 heterocycles. The minimum absolute atomic E-state index is 0.241. The average molecular weight is 369 g/mol. The van der Waals surface area contributed by atoms with Crippen molar-refractivity contribution in [3.8, 4) is 5.75 Å². The molecule has 3 rings (SSSR count). The molecule has 2 N–H and O–H groups in total. The van der Waals surface area contributed by atoms with E-state index in [9.17, 15) is 0 Å². The summed E-state index contributed by atoms with van der Waals surface area (Å²) in [6.07, 6.45) is 3.81. The number of quaternary nitrogens is 1. The van der Waals surface area contributed by atoms with Crippen molar-refractivity contribution in [2.45, 2.75) is 51.2 Å². The largest absolute Gasteiger partial charge is 0.497 e. The predicted molar refractivity (Wildman–Crippen MR) is 110 cm³/mol. The highest BCUT2D eigenvalue weighted by Crippen LogP contribution is 2.41. The minimum Gasteiger partial charge on any atom is -0.497 e. The van der Waals surface area contributed by atoms with Crippen molar-refractivity contribution in [2.75, 3.05) is 20.3 Å². The van der Waals surface area contributed by atoms with Crippen LogP contribution in [0.1, 0.15) is 44.2 Å². The fourth-order valence-electron chi connectivity index (χ4n) is 4.21. The zero-order valence-corrected chi connectivity index (χ0v) is 17.0. The van der Waals surface area contributed by atoms with Gasteiger partial charge >= 0.3 is 0 Å². The molecule has 27 heavy (non-hydrogen) atoms. The van der Waals surface area contributed by atoms with Crippen LogP contribution in [0.25, 0.3) is 0 Å². The normalized spacial score (nSPS) is 22.7. The van der Waals surface area contributed by atoms with Crippen molar-refractivity contribution in [1.82, 2.24) is 0 Å².